The molecule has 1 unspecified atom stereocenters. The van der Waals surface area contributed by atoms with Crippen LogP contribution < -0.4 is 5.73 Å². The molecule has 0 saturated carbocycles. The van der Waals surface area contributed by atoms with Crippen molar-refractivity contribution in [2.24, 2.45) is 5.73 Å². The molecule has 3 aromatic rings. The van der Waals surface area contributed by atoms with Crippen molar-refractivity contribution in [1.82, 2.24) is 0 Å². The van der Waals surface area contributed by atoms with Crippen LogP contribution in [0.2, 0.25) is 0 Å². The standard InChI is InChI=1S/C22H18F2N2/c1-2-20(26)17-9-7-16(8-10-17)19-12-11-18(21(23)22(19)24)15-5-3-14(13-25)4-6-15/h3-12,20H,2,26H2,1H3. The number of nitrogens with zero attached hydrogens (tertiary/aromatic N) is 1. The van der Waals surface area contributed by atoms with Crippen molar-refractivity contribution in [3.63, 3.8) is 0 Å². The lowest BCUT2D eigenvalue weighted by molar-refractivity contribution is 0.514. The van der Waals surface area contributed by atoms with Crippen molar-refractivity contribution in [3.8, 4) is 28.3 Å². The van der Waals surface area contributed by atoms with Crippen molar-refractivity contribution in [1.29, 1.82) is 5.26 Å². The fraction of sp³-hybridized carbons (Fsp3) is 0.136. The molecule has 1 atom stereocenters. The van der Waals surface area contributed by atoms with Gasteiger partial charge < -0.3 is 5.73 Å². The van der Waals surface area contributed by atoms with Crippen LogP contribution in [0.5, 0.6) is 0 Å². The predicted octanol–water partition coefficient (Wildman–Crippen LogP) is 5.58. The van der Waals surface area contributed by atoms with Gasteiger partial charge in [-0.05, 0) is 35.2 Å². The number of hydrogen-bond donors (Lipinski definition) is 1. The van der Waals surface area contributed by atoms with E-state index in [-0.39, 0.29) is 17.2 Å². The van der Waals surface area contributed by atoms with Gasteiger partial charge in [-0.25, -0.2) is 8.78 Å². The van der Waals surface area contributed by atoms with Gasteiger partial charge in [0.1, 0.15) is 0 Å². The van der Waals surface area contributed by atoms with Gasteiger partial charge in [0.25, 0.3) is 0 Å². The van der Waals surface area contributed by atoms with Gasteiger partial charge in [0.05, 0.1) is 11.6 Å². The van der Waals surface area contributed by atoms with Crippen LogP contribution in [0.3, 0.4) is 0 Å². The summed E-state index contributed by atoms with van der Waals surface area (Å²) in [7, 11) is 0. The van der Waals surface area contributed by atoms with E-state index in [0.29, 0.717) is 16.7 Å². The molecule has 26 heavy (non-hydrogen) atoms. The van der Waals surface area contributed by atoms with E-state index >= 15 is 0 Å². The highest BCUT2D eigenvalue weighted by atomic mass is 19.2. The first kappa shape index (κ1) is 17.8. The van der Waals surface area contributed by atoms with Crippen molar-refractivity contribution in [3.05, 3.63) is 83.4 Å². The van der Waals surface area contributed by atoms with Crippen LogP contribution in [0.15, 0.2) is 60.7 Å². The average Bonchev–Trinajstić information content (AvgIpc) is 2.70. The molecule has 0 spiro atoms. The van der Waals surface area contributed by atoms with Crippen molar-refractivity contribution in [2.45, 2.75) is 19.4 Å². The van der Waals surface area contributed by atoms with E-state index < -0.39 is 11.6 Å². The first-order valence-electron chi connectivity index (χ1n) is 8.39. The molecule has 0 radical (unpaired) electrons. The molecule has 2 nitrogen and oxygen atoms in total. The molecule has 3 rings (SSSR count). The summed E-state index contributed by atoms with van der Waals surface area (Å²) in [5.41, 5.74) is 8.91. The number of nitrogens with two attached hydrogens (primary N) is 1. The molecule has 0 aliphatic heterocycles. The van der Waals surface area contributed by atoms with Crippen LogP contribution in [-0.2, 0) is 0 Å². The number of rotatable bonds is 4. The molecule has 2 N–H and O–H groups in total. The summed E-state index contributed by atoms with van der Waals surface area (Å²) in [6.07, 6.45) is 0.807. The summed E-state index contributed by atoms with van der Waals surface area (Å²) < 4.78 is 29.3. The van der Waals surface area contributed by atoms with Gasteiger partial charge in [-0.3, -0.25) is 0 Å². The van der Waals surface area contributed by atoms with E-state index in [1.807, 2.05) is 25.1 Å². The lowest BCUT2D eigenvalue weighted by atomic mass is 9.96. The molecule has 4 heteroatoms. The Hall–Kier alpha value is -3.03. The Morgan fingerprint density at radius 1 is 0.846 bits per heavy atom. The SMILES string of the molecule is CCC(N)c1ccc(-c2ccc(-c3ccc(C#N)cc3)c(F)c2F)cc1. The Balaban J connectivity index is 1.98. The largest absolute Gasteiger partial charge is 0.324 e. The predicted molar refractivity (Wildman–Crippen MR) is 99.2 cm³/mol. The summed E-state index contributed by atoms with van der Waals surface area (Å²) >= 11 is 0. The van der Waals surface area contributed by atoms with Gasteiger partial charge in [0.2, 0.25) is 0 Å². The average molecular weight is 348 g/mol. The third kappa shape index (κ3) is 3.35. The van der Waals surface area contributed by atoms with Crippen LogP contribution in [-0.4, -0.2) is 0 Å². The van der Waals surface area contributed by atoms with Crippen LogP contribution in [0.1, 0.15) is 30.5 Å². The maximum absolute atomic E-state index is 14.7. The summed E-state index contributed by atoms with van der Waals surface area (Å²) in [5.74, 6) is -1.79. The van der Waals surface area contributed by atoms with E-state index in [1.165, 1.54) is 0 Å². The number of benzene rings is 3. The third-order valence-corrected chi connectivity index (χ3v) is 4.50. The van der Waals surface area contributed by atoms with Gasteiger partial charge in [0, 0.05) is 17.2 Å². The summed E-state index contributed by atoms with van der Waals surface area (Å²) in [4.78, 5) is 0. The Kier molecular flexibility index (Phi) is 5.11. The molecule has 3 aromatic carbocycles. The smallest absolute Gasteiger partial charge is 0.167 e. The molecule has 0 aliphatic carbocycles. The number of halogens is 2. The number of nitriles is 1. The minimum atomic E-state index is -0.901. The fourth-order valence-electron chi connectivity index (χ4n) is 2.87. The zero-order valence-corrected chi connectivity index (χ0v) is 14.3. The second kappa shape index (κ2) is 7.47. The van der Waals surface area contributed by atoms with E-state index in [1.54, 1.807) is 48.5 Å². The van der Waals surface area contributed by atoms with Crippen LogP contribution in [0.25, 0.3) is 22.3 Å². The van der Waals surface area contributed by atoms with Gasteiger partial charge in [-0.2, -0.15) is 5.26 Å². The maximum atomic E-state index is 14.7. The summed E-state index contributed by atoms with van der Waals surface area (Å²) in [5, 5.41) is 8.84. The second-order valence-corrected chi connectivity index (χ2v) is 6.11. The quantitative estimate of drug-likeness (QED) is 0.669. The topological polar surface area (TPSA) is 49.8 Å². The Morgan fingerprint density at radius 2 is 1.31 bits per heavy atom. The van der Waals surface area contributed by atoms with E-state index in [2.05, 4.69) is 0 Å². The molecular formula is C22H18F2N2. The van der Waals surface area contributed by atoms with Crippen LogP contribution in [0.4, 0.5) is 8.78 Å². The minimum absolute atomic E-state index is 0.0654. The monoisotopic (exact) mass is 348 g/mol. The minimum Gasteiger partial charge on any atom is -0.324 e. The molecule has 0 heterocycles. The molecule has 0 fully saturated rings. The van der Waals surface area contributed by atoms with Crippen LogP contribution in [0, 0.1) is 23.0 Å². The van der Waals surface area contributed by atoms with Gasteiger partial charge in [0.15, 0.2) is 11.6 Å². The molecule has 0 aromatic heterocycles. The van der Waals surface area contributed by atoms with Crippen molar-refractivity contribution >= 4 is 0 Å². The Labute approximate surface area is 151 Å². The molecule has 0 aliphatic rings. The van der Waals surface area contributed by atoms with Crippen LogP contribution >= 0.6 is 0 Å². The van der Waals surface area contributed by atoms with E-state index in [9.17, 15) is 8.78 Å². The highest BCUT2D eigenvalue weighted by Gasteiger charge is 2.16. The van der Waals surface area contributed by atoms with Crippen molar-refractivity contribution < 1.29 is 8.78 Å². The second-order valence-electron chi connectivity index (χ2n) is 6.11. The Morgan fingerprint density at radius 3 is 1.73 bits per heavy atom. The lowest BCUT2D eigenvalue weighted by Gasteiger charge is -2.12. The summed E-state index contributed by atoms with van der Waals surface area (Å²) in [6.45, 7) is 2.00. The van der Waals surface area contributed by atoms with Gasteiger partial charge >= 0.3 is 0 Å². The molecular weight excluding hydrogens is 330 g/mol. The highest BCUT2D eigenvalue weighted by Crippen LogP contribution is 2.32. The van der Waals surface area contributed by atoms with Gasteiger partial charge in [-0.15, -0.1) is 0 Å². The molecule has 0 bridgehead atoms. The van der Waals surface area contributed by atoms with E-state index in [0.717, 1.165) is 12.0 Å². The molecule has 0 amide bonds. The maximum Gasteiger partial charge on any atom is 0.167 e. The first-order chi connectivity index (χ1) is 12.5. The molecule has 0 saturated heterocycles. The fourth-order valence-corrected chi connectivity index (χ4v) is 2.87. The highest BCUT2D eigenvalue weighted by molar-refractivity contribution is 5.72. The normalized spacial score (nSPS) is 11.8. The zero-order valence-electron chi connectivity index (χ0n) is 14.3. The zero-order chi connectivity index (χ0) is 18.7. The number of hydrogen-bond acceptors (Lipinski definition) is 2. The van der Waals surface area contributed by atoms with Gasteiger partial charge in [-0.1, -0.05) is 55.5 Å². The Bertz CT molecular complexity index is 955. The lowest BCUT2D eigenvalue weighted by Crippen LogP contribution is -2.08. The first-order valence-corrected chi connectivity index (χ1v) is 8.39. The molecule has 130 valence electrons. The van der Waals surface area contributed by atoms with Crippen molar-refractivity contribution in [2.75, 3.05) is 0 Å². The summed E-state index contributed by atoms with van der Waals surface area (Å²) in [6, 6.07) is 18.6. The third-order valence-electron chi connectivity index (χ3n) is 4.50. The van der Waals surface area contributed by atoms with E-state index in [4.69, 9.17) is 11.0 Å².